The number of esters is 3. The van der Waals surface area contributed by atoms with Gasteiger partial charge in [-0.2, -0.15) is 0 Å². The van der Waals surface area contributed by atoms with Crippen molar-refractivity contribution in [2.45, 2.75) is 72.1 Å². The van der Waals surface area contributed by atoms with E-state index in [2.05, 4.69) is 186 Å². The number of phenols is 1. The molecule has 0 saturated heterocycles. The molecular formula is C122H107F3O15Te7. The first-order valence-corrected chi connectivity index (χ1v) is 61.6. The van der Waals surface area contributed by atoms with Gasteiger partial charge in [0.2, 0.25) is 0 Å². The summed E-state index contributed by atoms with van der Waals surface area (Å²) in [5.41, 5.74) is 5.27. The number of carbonyl (C=O) groups excluding carboxylic acids is 3. The molecule has 16 aromatic rings. The van der Waals surface area contributed by atoms with Gasteiger partial charge >= 0.3 is 937 Å². The van der Waals surface area contributed by atoms with Crippen molar-refractivity contribution in [1.82, 2.24) is 0 Å². The molecule has 748 valence electrons. The van der Waals surface area contributed by atoms with Crippen LogP contribution >= 0.6 is 0 Å². The maximum absolute atomic E-state index is 12.8. The molecule has 16 aromatic carbocycles. The zero-order valence-corrected chi connectivity index (χ0v) is 97.5. The number of phenolic OH excluding ortho intramolecular Hbond substituents is 1. The minimum atomic E-state index is -4.69. The molecule has 0 fully saturated rings. The second kappa shape index (κ2) is 58.5. The van der Waals surface area contributed by atoms with Crippen LogP contribution < -0.4 is 64.8 Å². The van der Waals surface area contributed by atoms with Crippen LogP contribution in [-0.4, -0.2) is 218 Å². The fraction of sp³-hybridized carbons (Fsp3) is 0.0902. The molecule has 0 aliphatic heterocycles. The van der Waals surface area contributed by atoms with E-state index in [1.165, 1.54) is 71.6 Å². The van der Waals surface area contributed by atoms with Gasteiger partial charge < -0.3 is 0 Å². The number of hydrogen-bond acceptors (Lipinski definition) is 13. The topological polar surface area (TPSA) is 255 Å². The van der Waals surface area contributed by atoms with E-state index in [1.54, 1.807) is 95.3 Å². The maximum atomic E-state index is 12.8. The van der Waals surface area contributed by atoms with E-state index in [0.717, 1.165) is 58.5 Å². The Kier molecular flexibility index (Phi) is 46.7. The van der Waals surface area contributed by atoms with E-state index in [4.69, 9.17) is 34.6 Å². The van der Waals surface area contributed by atoms with Crippen molar-refractivity contribution < 1.29 is 87.1 Å². The van der Waals surface area contributed by atoms with Gasteiger partial charge in [0.1, 0.15) is 0 Å². The molecule has 0 amide bonds. The predicted octanol–water partition coefficient (Wildman–Crippen LogP) is 14.8. The number of aliphatic hydroxyl groups excluding tert-OH is 2. The summed E-state index contributed by atoms with van der Waals surface area (Å²) >= 11 is -3.51. The Balaban J connectivity index is 0.000000176. The molecule has 1 atom stereocenters. The van der Waals surface area contributed by atoms with E-state index in [-0.39, 0.29) is 39.7 Å². The number of hydrogen-bond donors (Lipinski definition) is 7. The Morgan fingerprint density at radius 1 is 0.313 bits per heavy atom. The number of aromatic hydroxyl groups is 1. The van der Waals surface area contributed by atoms with E-state index in [1.807, 2.05) is 176 Å². The SMILES string of the molecule is C=C(C)C(=O)Oc1ccc([Te]c2ccc(C(=O)O)cc2)cc1.C=C(C)C(=O)Oc1ccc([Te]c2ccc(C(C)(C)O)cc2)cc1.C=C(C)C(=O)Oc1ccc([Te]c2ccc(CO)cc2)cc1.C=Cc1ccc([Te]c2ccc(C(=O)O)cc2)cc1.C=Cc1ccc([Te]c2ccc(C(C)(O)C(F)(F)F)cc2)cc1.C=Cc1ccc([Te]c2ccc(CO)cc2)cc1.C=Cc1ccc2c([Te]c3cccc4cc(O)ccc34)cccc2c1. The number of ether oxygens (including phenoxy) is 3. The van der Waals surface area contributed by atoms with Crippen LogP contribution in [0.2, 0.25) is 0 Å². The summed E-state index contributed by atoms with van der Waals surface area (Å²) in [6.07, 6.45) is 2.65. The molecule has 1 unspecified atom stereocenters. The summed E-state index contributed by atoms with van der Waals surface area (Å²) in [5, 5.41) is 70.0. The molecule has 147 heavy (non-hydrogen) atoms. The second-order valence-electron chi connectivity index (χ2n) is 33.0. The molecule has 0 spiro atoms. The van der Waals surface area contributed by atoms with Crippen molar-refractivity contribution in [3.05, 3.63) is 482 Å². The van der Waals surface area contributed by atoms with Gasteiger partial charge in [-0.1, -0.05) is 0 Å². The summed E-state index contributed by atoms with van der Waals surface area (Å²) in [4.78, 5) is 55.8. The first-order chi connectivity index (χ1) is 70.3. The molecule has 0 radical (unpaired) electrons. The Bertz CT molecular complexity index is 7210. The quantitative estimate of drug-likeness (QED) is 0.00956. The Morgan fingerprint density at radius 2 is 0.558 bits per heavy atom. The first kappa shape index (κ1) is 117. The first-order valence-electron chi connectivity index (χ1n) is 45.3. The number of rotatable bonds is 30. The van der Waals surface area contributed by atoms with Gasteiger partial charge in [-0.3, -0.25) is 0 Å². The third-order valence-electron chi connectivity index (χ3n) is 21.0. The predicted molar refractivity (Wildman–Crippen MR) is 600 cm³/mol. The van der Waals surface area contributed by atoms with Crippen LogP contribution in [0.5, 0.6) is 23.0 Å². The summed E-state index contributed by atoms with van der Waals surface area (Å²) in [5.74, 6) is -1.16. The molecule has 0 aromatic heterocycles. The number of aromatic carboxylic acids is 2. The Hall–Kier alpha value is -11.5. The number of halogens is 3. The molecule has 15 nitrogen and oxygen atoms in total. The van der Waals surface area contributed by atoms with Gasteiger partial charge in [0.05, 0.1) is 0 Å². The number of benzene rings is 16. The average Bonchev–Trinajstić information content (AvgIpc) is 0.796. The number of fused-ring (bicyclic) bond motifs is 2. The van der Waals surface area contributed by atoms with Gasteiger partial charge in [-0.25, -0.2) is 0 Å². The third kappa shape index (κ3) is 38.6. The average molecular weight is 2760 g/mol. The molecule has 0 bridgehead atoms. The van der Waals surface area contributed by atoms with Gasteiger partial charge in [0, 0.05) is 0 Å². The third-order valence-corrected chi connectivity index (χ3v) is 41.7. The zero-order valence-electron chi connectivity index (χ0n) is 81.2. The summed E-state index contributed by atoms with van der Waals surface area (Å²) in [7, 11) is 0. The van der Waals surface area contributed by atoms with Gasteiger partial charge in [-0.15, -0.1) is 0 Å². The molecule has 7 N–H and O–H groups in total. The van der Waals surface area contributed by atoms with Crippen molar-refractivity contribution in [3.63, 3.8) is 0 Å². The van der Waals surface area contributed by atoms with Crippen molar-refractivity contribution in [2.24, 2.45) is 0 Å². The summed E-state index contributed by atoms with van der Waals surface area (Å²) in [6.45, 7) is 35.1. The fourth-order valence-corrected chi connectivity index (χ4v) is 29.9. The molecule has 0 aliphatic carbocycles. The van der Waals surface area contributed by atoms with Crippen LogP contribution in [0, 0.1) is 0 Å². The van der Waals surface area contributed by atoms with Gasteiger partial charge in [0.25, 0.3) is 0 Å². The van der Waals surface area contributed by atoms with Gasteiger partial charge in [-0.05, 0) is 0 Å². The minimum absolute atomic E-state index is 0.0730. The molecular weight excluding hydrogens is 2660 g/mol. The standard InChI is InChI=1S/C22H16OTe.C19H20O3Te.C17H15F3OTe.C17H14O4Te.C17H16O3Te.C15H12O2Te.C15H14OTe/c1-2-15-9-11-19-16(13-15)5-3-7-21(19)24-22-8-4-6-17-14-18(23)10-12-20(17)22;1-13(2)18(20)22-15-7-11-17(12-8-15)23-16-9-5-14(6-10-16)19(3,4)21;1-3-12-4-8-14(9-5-12)22-15-10-6-13(7-11-15)16(2,21)17(18,19)20;1-11(2)17(20)21-13-5-9-15(10-6-13)22-14-7-3-12(4-8-14)16(18)19;1-12(2)17(19)20-14-5-9-16(10-6-14)21-15-7-3-13(11-18)4-8-15;1-2-11-3-7-13(8-4-11)18-14-9-5-12(6-10-14)15(16)17;1-2-12-3-7-14(8-4-12)17-15-9-5-13(11-16)6-10-15/h2-14,23H,1H2;5-12,21H,1H2,2-4H3;3-11,21H,1H2,2H3;3-10H,1H2,2H3,(H,18,19);3-10,18H,1,11H2,2H3;2-10H,1H2,(H,16,17);2-10,16H,1,11H2. The summed E-state index contributed by atoms with van der Waals surface area (Å²) in [6, 6.07) is 117. The molecule has 0 heterocycles. The zero-order chi connectivity index (χ0) is 106. The van der Waals surface area contributed by atoms with Crippen LogP contribution in [-0.2, 0) is 38.8 Å². The molecule has 25 heteroatoms. The molecule has 0 aliphatic rings. The van der Waals surface area contributed by atoms with Crippen LogP contribution in [0.15, 0.2) is 427 Å². The molecule has 16 rings (SSSR count). The van der Waals surface area contributed by atoms with E-state index < -0.39 is 173 Å². The summed E-state index contributed by atoms with van der Waals surface area (Å²) < 4.78 is 71.6. The van der Waals surface area contributed by atoms with Crippen molar-refractivity contribution in [3.8, 4) is 23.0 Å². The van der Waals surface area contributed by atoms with Crippen LogP contribution in [0.1, 0.15) is 107 Å². The van der Waals surface area contributed by atoms with E-state index in [0.29, 0.717) is 50.8 Å². The van der Waals surface area contributed by atoms with E-state index in [9.17, 15) is 52.5 Å². The number of carbonyl (C=O) groups is 5. The van der Waals surface area contributed by atoms with E-state index >= 15 is 0 Å². The fourth-order valence-electron chi connectivity index (χ4n) is 12.7. The monoisotopic (exact) mass is 2780 g/mol. The van der Waals surface area contributed by atoms with Crippen molar-refractivity contribution in [1.29, 1.82) is 0 Å². The van der Waals surface area contributed by atoms with Crippen molar-refractivity contribution >= 4 is 273 Å². The van der Waals surface area contributed by atoms with Crippen LogP contribution in [0.4, 0.5) is 13.2 Å². The number of alkyl halides is 3. The number of carboxylic acids is 2. The Labute approximate surface area is 926 Å². The van der Waals surface area contributed by atoms with Crippen LogP contribution in [0.3, 0.4) is 0 Å². The van der Waals surface area contributed by atoms with Crippen LogP contribution in [0.25, 0.3) is 45.8 Å². The number of aliphatic hydroxyl groups is 4. The van der Waals surface area contributed by atoms with Crippen molar-refractivity contribution in [2.75, 3.05) is 0 Å². The molecule has 0 saturated carbocycles. The Morgan fingerprint density at radius 3 is 0.816 bits per heavy atom. The van der Waals surface area contributed by atoms with Gasteiger partial charge in [0.15, 0.2) is 0 Å². The second-order valence-corrected chi connectivity index (χ2v) is 55.7. The normalized spacial score (nSPS) is 11.1. The number of carboxylic acid groups (broad SMARTS) is 2.